The summed E-state index contributed by atoms with van der Waals surface area (Å²) in [6.07, 6.45) is 3.30. The smallest absolute Gasteiger partial charge is 0.244 e. The highest BCUT2D eigenvalue weighted by Crippen LogP contribution is 2.38. The largest absolute Gasteiger partial charge is 0.302 e. The standard InChI is InChI=1S/C13H21BrN2O2S2/c1-10-11(8-12(14)19-10)20(17,18)16(4)9-13(15(2)3)6-5-7-13/h8H,5-7,9H2,1-4H3. The molecule has 1 heterocycles. The zero-order valence-corrected chi connectivity index (χ0v) is 15.5. The van der Waals surface area contributed by atoms with E-state index in [1.54, 1.807) is 13.1 Å². The van der Waals surface area contributed by atoms with Crippen molar-refractivity contribution < 1.29 is 8.42 Å². The Morgan fingerprint density at radius 3 is 2.30 bits per heavy atom. The maximum Gasteiger partial charge on any atom is 0.244 e. The van der Waals surface area contributed by atoms with Crippen molar-refractivity contribution in [2.75, 3.05) is 27.7 Å². The summed E-state index contributed by atoms with van der Waals surface area (Å²) in [4.78, 5) is 3.42. The van der Waals surface area contributed by atoms with Gasteiger partial charge in [0, 0.05) is 24.0 Å². The van der Waals surface area contributed by atoms with E-state index in [0.29, 0.717) is 11.4 Å². The highest BCUT2D eigenvalue weighted by molar-refractivity contribution is 9.11. The number of hydrogen-bond acceptors (Lipinski definition) is 4. The average Bonchev–Trinajstić information content (AvgIpc) is 2.62. The van der Waals surface area contributed by atoms with Gasteiger partial charge in [-0.3, -0.25) is 0 Å². The lowest BCUT2D eigenvalue weighted by Crippen LogP contribution is -2.57. The van der Waals surface area contributed by atoms with Gasteiger partial charge in [-0.25, -0.2) is 8.42 Å². The van der Waals surface area contributed by atoms with Gasteiger partial charge in [0.1, 0.15) is 0 Å². The molecule has 0 aliphatic heterocycles. The minimum Gasteiger partial charge on any atom is -0.302 e. The first-order chi connectivity index (χ1) is 9.19. The fraction of sp³-hybridized carbons (Fsp3) is 0.692. The third kappa shape index (κ3) is 2.83. The first-order valence-corrected chi connectivity index (χ1v) is 9.64. The molecule has 20 heavy (non-hydrogen) atoms. The van der Waals surface area contributed by atoms with Crippen molar-refractivity contribution in [1.82, 2.24) is 9.21 Å². The fourth-order valence-electron chi connectivity index (χ4n) is 2.69. The monoisotopic (exact) mass is 380 g/mol. The lowest BCUT2D eigenvalue weighted by Gasteiger charge is -2.48. The van der Waals surface area contributed by atoms with E-state index >= 15 is 0 Å². The third-order valence-corrected chi connectivity index (χ3v) is 7.89. The number of halogens is 1. The first kappa shape index (κ1) is 16.4. The summed E-state index contributed by atoms with van der Waals surface area (Å²) < 4.78 is 27.8. The minimum atomic E-state index is -3.40. The highest BCUT2D eigenvalue weighted by atomic mass is 79.9. The summed E-state index contributed by atoms with van der Waals surface area (Å²) in [5.41, 5.74) is 0.00295. The molecule has 0 atom stereocenters. The SMILES string of the molecule is Cc1sc(Br)cc1S(=O)(=O)N(C)CC1(N(C)C)CCC1. The summed E-state index contributed by atoms with van der Waals surface area (Å²) in [6, 6.07) is 1.70. The molecule has 0 bridgehead atoms. The molecule has 1 aliphatic carbocycles. The minimum absolute atomic E-state index is 0.00295. The molecule has 0 saturated heterocycles. The number of aryl methyl sites for hydroxylation is 1. The van der Waals surface area contributed by atoms with Gasteiger partial charge in [-0.2, -0.15) is 4.31 Å². The summed E-state index contributed by atoms with van der Waals surface area (Å²) in [6.45, 7) is 2.40. The third-order valence-electron chi connectivity index (χ3n) is 4.28. The number of thiophene rings is 1. The van der Waals surface area contributed by atoms with Gasteiger partial charge in [-0.1, -0.05) is 0 Å². The van der Waals surface area contributed by atoms with Crippen molar-refractivity contribution in [2.24, 2.45) is 0 Å². The molecule has 1 fully saturated rings. The van der Waals surface area contributed by atoms with Gasteiger partial charge in [-0.15, -0.1) is 11.3 Å². The van der Waals surface area contributed by atoms with Crippen LogP contribution in [0.1, 0.15) is 24.1 Å². The van der Waals surface area contributed by atoms with E-state index in [0.717, 1.165) is 21.5 Å². The Bertz CT molecular complexity index is 592. The highest BCUT2D eigenvalue weighted by Gasteiger charge is 2.42. The van der Waals surface area contributed by atoms with Crippen molar-refractivity contribution in [3.8, 4) is 0 Å². The van der Waals surface area contributed by atoms with Crippen molar-refractivity contribution >= 4 is 37.3 Å². The molecule has 0 N–H and O–H groups in total. The summed E-state index contributed by atoms with van der Waals surface area (Å²) >= 11 is 4.82. The Kier molecular flexibility index (Phi) is 4.67. The van der Waals surface area contributed by atoms with Crippen molar-refractivity contribution in [1.29, 1.82) is 0 Å². The summed E-state index contributed by atoms with van der Waals surface area (Å²) in [7, 11) is 2.35. The van der Waals surface area contributed by atoms with E-state index in [9.17, 15) is 8.42 Å². The molecule has 1 aliphatic rings. The molecule has 0 spiro atoms. The number of rotatable bonds is 5. The molecular formula is C13H21BrN2O2S2. The van der Waals surface area contributed by atoms with Gasteiger partial charge >= 0.3 is 0 Å². The summed E-state index contributed by atoms with van der Waals surface area (Å²) in [5.74, 6) is 0. The molecule has 0 aromatic carbocycles. The topological polar surface area (TPSA) is 40.6 Å². The zero-order chi connectivity index (χ0) is 15.1. The van der Waals surface area contributed by atoms with Gasteiger partial charge < -0.3 is 4.90 Å². The van der Waals surface area contributed by atoms with Crippen LogP contribution in [0.2, 0.25) is 0 Å². The van der Waals surface area contributed by atoms with Crippen LogP contribution in [-0.4, -0.2) is 50.8 Å². The predicted octanol–water partition coefficient (Wildman–Crippen LogP) is 2.92. The second kappa shape index (κ2) is 5.68. The second-order valence-electron chi connectivity index (χ2n) is 5.70. The van der Waals surface area contributed by atoms with Crippen LogP contribution in [0.4, 0.5) is 0 Å². The maximum atomic E-state index is 12.7. The van der Waals surface area contributed by atoms with Crippen LogP contribution in [0.15, 0.2) is 14.7 Å². The van der Waals surface area contributed by atoms with Crippen molar-refractivity contribution in [3.05, 3.63) is 14.7 Å². The Hall–Kier alpha value is 0.0500. The van der Waals surface area contributed by atoms with Crippen LogP contribution in [0.25, 0.3) is 0 Å². The van der Waals surface area contributed by atoms with Crippen LogP contribution in [0.3, 0.4) is 0 Å². The number of hydrogen-bond donors (Lipinski definition) is 0. The summed E-state index contributed by atoms with van der Waals surface area (Å²) in [5, 5.41) is 0. The quantitative estimate of drug-likeness (QED) is 0.788. The number of sulfonamides is 1. The van der Waals surface area contributed by atoms with Crippen LogP contribution < -0.4 is 0 Å². The lowest BCUT2D eigenvalue weighted by atomic mass is 9.75. The van der Waals surface area contributed by atoms with Gasteiger partial charge in [0.15, 0.2) is 0 Å². The Labute approximate surface area is 133 Å². The molecule has 114 valence electrons. The predicted molar refractivity (Wildman–Crippen MR) is 86.8 cm³/mol. The van der Waals surface area contributed by atoms with E-state index in [4.69, 9.17) is 0 Å². The zero-order valence-electron chi connectivity index (χ0n) is 12.3. The maximum absolute atomic E-state index is 12.7. The molecule has 0 radical (unpaired) electrons. The van der Waals surface area contributed by atoms with E-state index < -0.39 is 10.0 Å². The molecule has 7 heteroatoms. The van der Waals surface area contributed by atoms with E-state index in [-0.39, 0.29) is 5.54 Å². The van der Waals surface area contributed by atoms with Crippen molar-refractivity contribution in [2.45, 2.75) is 36.6 Å². The molecule has 1 aromatic heterocycles. The molecule has 1 aromatic rings. The van der Waals surface area contributed by atoms with Crippen LogP contribution in [-0.2, 0) is 10.0 Å². The van der Waals surface area contributed by atoms with Gasteiger partial charge in [0.05, 0.1) is 8.68 Å². The van der Waals surface area contributed by atoms with Crippen LogP contribution in [0.5, 0.6) is 0 Å². The molecule has 0 unspecified atom stereocenters. The normalized spacial score (nSPS) is 18.6. The average molecular weight is 381 g/mol. The second-order valence-corrected chi connectivity index (χ2v) is 10.4. The lowest BCUT2D eigenvalue weighted by molar-refractivity contribution is 0.0455. The molecule has 2 rings (SSSR count). The molecule has 0 amide bonds. The van der Waals surface area contributed by atoms with E-state index in [2.05, 4.69) is 20.8 Å². The number of likely N-dealkylation sites (N-methyl/N-ethyl adjacent to an activating group) is 2. The van der Waals surface area contributed by atoms with Gasteiger partial charge in [0.25, 0.3) is 0 Å². The van der Waals surface area contributed by atoms with Crippen LogP contribution >= 0.6 is 27.3 Å². The Morgan fingerprint density at radius 2 is 1.95 bits per heavy atom. The first-order valence-electron chi connectivity index (χ1n) is 6.59. The van der Waals surface area contributed by atoms with Gasteiger partial charge in [-0.05, 0) is 62.3 Å². The van der Waals surface area contributed by atoms with E-state index in [1.807, 2.05) is 21.0 Å². The van der Waals surface area contributed by atoms with Crippen LogP contribution in [0, 0.1) is 6.92 Å². The fourth-order valence-corrected chi connectivity index (χ4v) is 6.32. The van der Waals surface area contributed by atoms with Crippen molar-refractivity contribution in [3.63, 3.8) is 0 Å². The molecule has 1 saturated carbocycles. The molecular weight excluding hydrogens is 360 g/mol. The van der Waals surface area contributed by atoms with Gasteiger partial charge in [0.2, 0.25) is 10.0 Å². The Morgan fingerprint density at radius 1 is 1.35 bits per heavy atom. The Balaban J connectivity index is 2.24. The molecule has 4 nitrogen and oxygen atoms in total. The van der Waals surface area contributed by atoms with E-state index in [1.165, 1.54) is 22.1 Å². The number of nitrogens with zero attached hydrogens (tertiary/aromatic N) is 2.